The lowest BCUT2D eigenvalue weighted by Gasteiger charge is -2.47. The van der Waals surface area contributed by atoms with Gasteiger partial charge < -0.3 is 25.1 Å². The summed E-state index contributed by atoms with van der Waals surface area (Å²) >= 11 is 0. The van der Waals surface area contributed by atoms with E-state index in [2.05, 4.69) is 10.4 Å². The number of alkyl halides is 3. The van der Waals surface area contributed by atoms with Gasteiger partial charge in [0.25, 0.3) is 5.91 Å². The maximum Gasteiger partial charge on any atom is 0.402 e. The van der Waals surface area contributed by atoms with E-state index in [1.807, 2.05) is 0 Å². The molecule has 11 nitrogen and oxygen atoms in total. The molecule has 3 N–H and O–H groups in total. The zero-order valence-electron chi connectivity index (χ0n) is 21.8. The van der Waals surface area contributed by atoms with Crippen molar-refractivity contribution in [2.75, 3.05) is 31.6 Å². The number of hydrogen-bond acceptors (Lipinski definition) is 8. The van der Waals surface area contributed by atoms with Crippen LogP contribution < -0.4 is 11.1 Å². The fraction of sp³-hybridized carbons (Fsp3) is 0.385. The molecule has 0 spiro atoms. The molecule has 0 saturated carbocycles. The Balaban J connectivity index is 1.56. The van der Waals surface area contributed by atoms with E-state index < -0.39 is 53.3 Å². The van der Waals surface area contributed by atoms with Crippen molar-refractivity contribution in [2.24, 2.45) is 11.7 Å². The Hall–Kier alpha value is -4.24. The number of hydrogen-bond donors (Lipinski definition) is 2. The summed E-state index contributed by atoms with van der Waals surface area (Å²) in [5, 5.41) is 6.67. The fourth-order valence-corrected chi connectivity index (χ4v) is 4.79. The molecule has 2 atom stereocenters. The highest BCUT2D eigenvalue weighted by atomic mass is 19.4. The number of imide groups is 1. The number of aromatic nitrogens is 2. The quantitative estimate of drug-likeness (QED) is 0.336. The SMILES string of the molecule is Cc1cocc1C(=O)n1nc(C2C(C(F)(F)F)C(=O)N2C(=O)N2CCOCC2)c(F)c1NCc1ccc(CN)cc1. The molecule has 2 saturated heterocycles. The summed E-state index contributed by atoms with van der Waals surface area (Å²) in [4.78, 5) is 40.7. The lowest BCUT2D eigenvalue weighted by atomic mass is 9.84. The number of ether oxygens (including phenoxy) is 1. The number of nitrogens with one attached hydrogen (secondary N) is 1. The number of aryl methyl sites for hydroxylation is 1. The van der Waals surface area contributed by atoms with E-state index in [1.54, 1.807) is 31.2 Å². The first kappa shape index (κ1) is 28.3. The van der Waals surface area contributed by atoms with E-state index in [0.29, 0.717) is 27.3 Å². The van der Waals surface area contributed by atoms with Crippen LogP contribution in [0.5, 0.6) is 0 Å². The Morgan fingerprint density at radius 3 is 2.37 bits per heavy atom. The third-order valence-electron chi connectivity index (χ3n) is 7.07. The van der Waals surface area contributed by atoms with Crippen LogP contribution in [0, 0.1) is 18.7 Å². The number of benzene rings is 1. The molecule has 0 radical (unpaired) electrons. The molecule has 41 heavy (non-hydrogen) atoms. The highest BCUT2D eigenvalue weighted by Gasteiger charge is 2.65. The van der Waals surface area contributed by atoms with Gasteiger partial charge in [-0.2, -0.15) is 23.0 Å². The molecule has 3 amide bonds. The molecule has 5 rings (SSSR count). The van der Waals surface area contributed by atoms with Crippen LogP contribution in [-0.2, 0) is 22.6 Å². The van der Waals surface area contributed by atoms with Crippen molar-refractivity contribution in [3.8, 4) is 0 Å². The lowest BCUT2D eigenvalue weighted by Crippen LogP contribution is -2.65. The van der Waals surface area contributed by atoms with Gasteiger partial charge in [0, 0.05) is 31.7 Å². The number of anilines is 1. The average molecular weight is 579 g/mol. The van der Waals surface area contributed by atoms with Crippen LogP contribution in [0.1, 0.15) is 38.8 Å². The Morgan fingerprint density at radius 2 is 1.78 bits per heavy atom. The number of furan rings is 1. The molecule has 2 unspecified atom stereocenters. The van der Waals surface area contributed by atoms with E-state index in [1.165, 1.54) is 6.26 Å². The number of carbonyl (C=O) groups excluding carboxylic acids is 3. The molecule has 0 bridgehead atoms. The number of rotatable bonds is 6. The molecule has 2 aliphatic heterocycles. The van der Waals surface area contributed by atoms with E-state index in [9.17, 15) is 27.6 Å². The molecule has 3 aromatic rings. The first-order chi connectivity index (χ1) is 19.5. The highest BCUT2D eigenvalue weighted by Crippen LogP contribution is 2.50. The number of likely N-dealkylation sites (tertiary alicyclic amines) is 1. The fourth-order valence-electron chi connectivity index (χ4n) is 4.79. The Kier molecular flexibility index (Phi) is 7.57. The first-order valence-electron chi connectivity index (χ1n) is 12.7. The van der Waals surface area contributed by atoms with Crippen molar-refractivity contribution < 1.29 is 41.1 Å². The van der Waals surface area contributed by atoms with Gasteiger partial charge in [-0.25, -0.2) is 9.18 Å². The highest BCUT2D eigenvalue weighted by molar-refractivity contribution is 6.02. The Labute approximate surface area is 230 Å². The normalized spacial score (nSPS) is 19.3. The van der Waals surface area contributed by atoms with Crippen molar-refractivity contribution >= 4 is 23.7 Å². The number of β-lactam (4-membered cyclic amide) rings is 1. The summed E-state index contributed by atoms with van der Waals surface area (Å²) in [6.45, 7) is 2.15. The van der Waals surface area contributed by atoms with Gasteiger partial charge >= 0.3 is 12.2 Å². The van der Waals surface area contributed by atoms with Crippen LogP contribution in [0.3, 0.4) is 0 Å². The predicted octanol–water partition coefficient (Wildman–Crippen LogP) is 3.20. The van der Waals surface area contributed by atoms with E-state index in [4.69, 9.17) is 14.9 Å². The average Bonchev–Trinajstić information content (AvgIpc) is 3.52. The Morgan fingerprint density at radius 1 is 1.12 bits per heavy atom. The maximum absolute atomic E-state index is 16.1. The van der Waals surface area contributed by atoms with Crippen LogP contribution in [0.15, 0.2) is 41.2 Å². The van der Waals surface area contributed by atoms with Gasteiger partial charge in [0.05, 0.1) is 25.0 Å². The molecule has 1 aromatic carbocycles. The van der Waals surface area contributed by atoms with Gasteiger partial charge in [0.2, 0.25) is 5.91 Å². The zero-order valence-corrected chi connectivity index (χ0v) is 21.8. The summed E-state index contributed by atoms with van der Waals surface area (Å²) in [5.74, 6) is -6.98. The summed E-state index contributed by atoms with van der Waals surface area (Å²) in [5.41, 5.74) is 6.61. The van der Waals surface area contributed by atoms with Gasteiger partial charge in [-0.05, 0) is 18.1 Å². The van der Waals surface area contributed by atoms with Gasteiger partial charge in [-0.1, -0.05) is 24.3 Å². The number of nitrogens with zero attached hydrogens (tertiary/aromatic N) is 4. The van der Waals surface area contributed by atoms with E-state index >= 15 is 4.39 Å². The summed E-state index contributed by atoms with van der Waals surface area (Å²) < 4.78 is 68.9. The number of morpholine rings is 1. The van der Waals surface area contributed by atoms with Crippen molar-refractivity contribution in [2.45, 2.75) is 32.2 Å². The minimum Gasteiger partial charge on any atom is -0.471 e. The van der Waals surface area contributed by atoms with E-state index in [0.717, 1.165) is 16.7 Å². The monoisotopic (exact) mass is 578 g/mol. The third-order valence-corrected chi connectivity index (χ3v) is 7.07. The molecule has 0 aliphatic carbocycles. The van der Waals surface area contributed by atoms with Crippen LogP contribution in [-0.4, -0.2) is 69.9 Å². The largest absolute Gasteiger partial charge is 0.471 e. The van der Waals surface area contributed by atoms with Gasteiger partial charge in [0.15, 0.2) is 17.6 Å². The van der Waals surface area contributed by atoms with Crippen molar-refractivity contribution in [3.63, 3.8) is 0 Å². The summed E-state index contributed by atoms with van der Waals surface area (Å²) in [7, 11) is 0. The number of nitrogens with two attached hydrogens (primary N) is 1. The second kappa shape index (κ2) is 11.0. The topological polar surface area (TPSA) is 136 Å². The van der Waals surface area contributed by atoms with Crippen molar-refractivity contribution in [1.29, 1.82) is 0 Å². The Bertz CT molecular complexity index is 1460. The molecule has 2 aliphatic rings. The van der Waals surface area contributed by atoms with E-state index in [-0.39, 0.29) is 38.4 Å². The minimum atomic E-state index is -5.11. The molecule has 2 fully saturated rings. The smallest absolute Gasteiger partial charge is 0.402 e. The minimum absolute atomic E-state index is 0.00675. The number of urea groups is 1. The van der Waals surface area contributed by atoms with Gasteiger partial charge in [-0.3, -0.25) is 14.5 Å². The first-order valence-corrected chi connectivity index (χ1v) is 12.7. The van der Waals surface area contributed by atoms with Crippen molar-refractivity contribution in [1.82, 2.24) is 19.6 Å². The molecule has 218 valence electrons. The van der Waals surface area contributed by atoms with Crippen LogP contribution in [0.2, 0.25) is 0 Å². The van der Waals surface area contributed by atoms with Crippen LogP contribution in [0.25, 0.3) is 0 Å². The standard InChI is InChI=1S/C26H26F4N6O5/c1-14-12-41-13-17(14)23(37)36-22(32-11-16-4-2-15(10-31)3-5-16)19(27)20(33-36)21-18(26(28,29)30)24(38)35(21)25(39)34-6-8-40-9-7-34/h2-5,12-13,18,21,32H,6-11,31H2,1H3. The van der Waals surface area contributed by atoms with Gasteiger partial charge in [-0.15, -0.1) is 0 Å². The zero-order chi connectivity index (χ0) is 29.5. The molecular formula is C26H26F4N6O5. The van der Waals surface area contributed by atoms with Crippen molar-refractivity contribution in [3.05, 3.63) is 70.6 Å². The second-order valence-electron chi connectivity index (χ2n) is 9.66. The van der Waals surface area contributed by atoms with Crippen LogP contribution in [0.4, 0.5) is 28.2 Å². The van der Waals surface area contributed by atoms with Gasteiger partial charge in [0.1, 0.15) is 18.0 Å². The predicted molar refractivity (Wildman–Crippen MR) is 134 cm³/mol. The summed E-state index contributed by atoms with van der Waals surface area (Å²) in [6.07, 6.45) is -2.73. The third kappa shape index (κ3) is 5.17. The number of carbonyl (C=O) groups is 3. The number of amides is 3. The van der Waals surface area contributed by atoms with Crippen LogP contribution >= 0.6 is 0 Å². The molecule has 2 aromatic heterocycles. The summed E-state index contributed by atoms with van der Waals surface area (Å²) in [6, 6.07) is 3.78. The molecular weight excluding hydrogens is 552 g/mol. The molecule has 4 heterocycles. The maximum atomic E-state index is 16.1. The lowest BCUT2D eigenvalue weighted by molar-refractivity contribution is -0.223. The second-order valence-corrected chi connectivity index (χ2v) is 9.66. The molecule has 15 heteroatoms. The number of halogens is 4.